The first-order chi connectivity index (χ1) is 9.30. The molecule has 1 fully saturated rings. The fraction of sp³-hybridized carbons (Fsp3) is 0.417. The molecule has 1 aliphatic carbocycles. The van der Waals surface area contributed by atoms with Gasteiger partial charge >= 0.3 is 5.97 Å². The Hall–Kier alpha value is -0.760. The zero-order chi connectivity index (χ0) is 15.0. The molecule has 5 nitrogen and oxygen atoms in total. The molecular formula is C12H14ClNO4S2. The third kappa shape index (κ3) is 3.28. The van der Waals surface area contributed by atoms with Crippen LogP contribution in [0.15, 0.2) is 23.1 Å². The third-order valence-corrected chi connectivity index (χ3v) is 6.44. The number of benzene rings is 1. The zero-order valence-electron chi connectivity index (χ0n) is 10.7. The standard InChI is InChI=1S/C12H14ClNO4S2/c1-19-12(4-5-12)7-14-20(17,18)8-2-3-9(11(15)16)10(13)6-8/h2-3,6,14H,4-5,7H2,1H3,(H,15,16). The van der Waals surface area contributed by atoms with E-state index in [1.807, 2.05) is 6.26 Å². The fourth-order valence-electron chi connectivity index (χ4n) is 1.74. The molecule has 0 heterocycles. The first-order valence-electron chi connectivity index (χ1n) is 5.87. The molecule has 1 aromatic carbocycles. The van der Waals surface area contributed by atoms with Crippen LogP contribution >= 0.6 is 23.4 Å². The second kappa shape index (κ2) is 5.55. The third-order valence-electron chi connectivity index (χ3n) is 3.31. The van der Waals surface area contributed by atoms with E-state index in [0.717, 1.165) is 18.9 Å². The number of sulfonamides is 1. The molecule has 0 bridgehead atoms. The lowest BCUT2D eigenvalue weighted by Crippen LogP contribution is -2.31. The Morgan fingerprint density at radius 2 is 2.15 bits per heavy atom. The molecule has 2 N–H and O–H groups in total. The van der Waals surface area contributed by atoms with Crippen molar-refractivity contribution in [2.45, 2.75) is 22.5 Å². The molecule has 0 atom stereocenters. The van der Waals surface area contributed by atoms with Gasteiger partial charge in [-0.1, -0.05) is 11.6 Å². The molecule has 1 saturated carbocycles. The van der Waals surface area contributed by atoms with Crippen LogP contribution in [-0.4, -0.2) is 37.0 Å². The van der Waals surface area contributed by atoms with Crippen LogP contribution < -0.4 is 4.72 Å². The van der Waals surface area contributed by atoms with Crippen LogP contribution in [0.4, 0.5) is 0 Å². The summed E-state index contributed by atoms with van der Waals surface area (Å²) in [6.45, 7) is 0.370. The molecule has 8 heteroatoms. The predicted octanol–water partition coefficient (Wildman–Crippen LogP) is 2.21. The first kappa shape index (κ1) is 15.6. The summed E-state index contributed by atoms with van der Waals surface area (Å²) in [5.74, 6) is -1.19. The van der Waals surface area contributed by atoms with Gasteiger partial charge in [0.2, 0.25) is 10.0 Å². The van der Waals surface area contributed by atoms with Crippen LogP contribution in [0.5, 0.6) is 0 Å². The number of hydrogen-bond acceptors (Lipinski definition) is 4. The van der Waals surface area contributed by atoms with Gasteiger partial charge < -0.3 is 5.11 Å². The summed E-state index contributed by atoms with van der Waals surface area (Å²) in [5.41, 5.74) is -0.117. The molecule has 0 spiro atoms. The van der Waals surface area contributed by atoms with Crippen LogP contribution in [0.3, 0.4) is 0 Å². The molecule has 2 rings (SSSR count). The quantitative estimate of drug-likeness (QED) is 0.832. The van der Waals surface area contributed by atoms with Crippen molar-refractivity contribution in [3.63, 3.8) is 0 Å². The maximum atomic E-state index is 12.1. The average Bonchev–Trinajstić information content (AvgIpc) is 3.16. The lowest BCUT2D eigenvalue weighted by atomic mass is 10.2. The highest BCUT2D eigenvalue weighted by molar-refractivity contribution is 8.00. The van der Waals surface area contributed by atoms with Gasteiger partial charge in [-0.15, -0.1) is 0 Å². The minimum Gasteiger partial charge on any atom is -0.478 e. The molecule has 1 aliphatic rings. The van der Waals surface area contributed by atoms with Gasteiger partial charge in [-0.05, 0) is 37.3 Å². The van der Waals surface area contributed by atoms with E-state index in [9.17, 15) is 13.2 Å². The molecule has 1 aromatic rings. The summed E-state index contributed by atoms with van der Waals surface area (Å²) in [6, 6.07) is 3.60. The Bertz CT molecular complexity index is 641. The number of halogens is 1. The van der Waals surface area contributed by atoms with E-state index in [1.54, 1.807) is 11.8 Å². The van der Waals surface area contributed by atoms with Crippen molar-refractivity contribution in [2.75, 3.05) is 12.8 Å². The molecule has 0 aromatic heterocycles. The van der Waals surface area contributed by atoms with Gasteiger partial charge in [0, 0.05) is 11.3 Å². The molecular weight excluding hydrogens is 322 g/mol. The maximum Gasteiger partial charge on any atom is 0.337 e. The zero-order valence-corrected chi connectivity index (χ0v) is 13.1. The molecule has 0 amide bonds. The number of rotatable bonds is 6. The summed E-state index contributed by atoms with van der Waals surface area (Å²) in [5, 5.41) is 8.77. The minimum atomic E-state index is -3.67. The number of carbonyl (C=O) groups is 1. The number of nitrogens with one attached hydrogen (secondary N) is 1. The second-order valence-corrected chi connectivity index (χ2v) is 8.11. The van der Waals surface area contributed by atoms with Crippen molar-refractivity contribution < 1.29 is 18.3 Å². The Balaban J connectivity index is 2.17. The number of carboxylic acid groups (broad SMARTS) is 1. The summed E-state index contributed by atoms with van der Waals surface area (Å²) >= 11 is 7.44. The van der Waals surface area contributed by atoms with Crippen LogP contribution in [0.1, 0.15) is 23.2 Å². The highest BCUT2D eigenvalue weighted by Crippen LogP contribution is 2.46. The second-order valence-electron chi connectivity index (χ2n) is 4.66. The fourth-order valence-corrected chi connectivity index (χ4v) is 4.04. The van der Waals surface area contributed by atoms with Gasteiger partial charge in [0.15, 0.2) is 0 Å². The minimum absolute atomic E-state index is 0.0118. The van der Waals surface area contributed by atoms with Crippen molar-refractivity contribution in [3.8, 4) is 0 Å². The van der Waals surface area contributed by atoms with Crippen LogP contribution in [0.25, 0.3) is 0 Å². The van der Waals surface area contributed by atoms with E-state index >= 15 is 0 Å². The summed E-state index contributed by atoms with van der Waals surface area (Å²) in [4.78, 5) is 10.8. The van der Waals surface area contributed by atoms with Gasteiger partial charge in [-0.3, -0.25) is 0 Å². The molecule has 0 radical (unpaired) electrons. The van der Waals surface area contributed by atoms with Gasteiger partial charge in [-0.2, -0.15) is 11.8 Å². The van der Waals surface area contributed by atoms with Crippen LogP contribution in [-0.2, 0) is 10.0 Å². The van der Waals surface area contributed by atoms with Gasteiger partial charge in [0.05, 0.1) is 15.5 Å². The largest absolute Gasteiger partial charge is 0.478 e. The highest BCUT2D eigenvalue weighted by Gasteiger charge is 2.42. The number of thioether (sulfide) groups is 1. The number of aromatic carboxylic acids is 1. The molecule has 0 unspecified atom stereocenters. The Morgan fingerprint density at radius 1 is 1.50 bits per heavy atom. The Kier molecular flexibility index (Phi) is 4.34. The topological polar surface area (TPSA) is 83.5 Å². The predicted molar refractivity (Wildman–Crippen MR) is 79.1 cm³/mol. The molecule has 0 saturated heterocycles. The van der Waals surface area contributed by atoms with E-state index in [1.165, 1.54) is 12.1 Å². The average molecular weight is 336 g/mol. The van der Waals surface area contributed by atoms with Gasteiger partial charge in [0.1, 0.15) is 0 Å². The van der Waals surface area contributed by atoms with Gasteiger partial charge in [-0.25, -0.2) is 17.9 Å². The van der Waals surface area contributed by atoms with E-state index in [0.29, 0.717) is 6.54 Å². The van der Waals surface area contributed by atoms with Crippen molar-refractivity contribution >= 4 is 39.4 Å². The number of carboxylic acids is 1. The number of hydrogen-bond donors (Lipinski definition) is 2. The van der Waals surface area contributed by atoms with E-state index < -0.39 is 16.0 Å². The van der Waals surface area contributed by atoms with E-state index in [2.05, 4.69) is 4.72 Å². The smallest absolute Gasteiger partial charge is 0.337 e. The highest BCUT2D eigenvalue weighted by atomic mass is 35.5. The first-order valence-corrected chi connectivity index (χ1v) is 8.96. The van der Waals surface area contributed by atoms with Crippen molar-refractivity contribution in [2.24, 2.45) is 0 Å². The SMILES string of the molecule is CSC1(CNS(=O)(=O)c2ccc(C(=O)O)c(Cl)c2)CC1. The summed E-state index contributed by atoms with van der Waals surface area (Å²) < 4.78 is 26.8. The van der Waals surface area contributed by atoms with Crippen LogP contribution in [0, 0.1) is 0 Å². The summed E-state index contributed by atoms with van der Waals surface area (Å²) in [6.07, 6.45) is 3.95. The van der Waals surface area contributed by atoms with Crippen LogP contribution in [0.2, 0.25) is 5.02 Å². The lowest BCUT2D eigenvalue weighted by Gasteiger charge is -2.13. The lowest BCUT2D eigenvalue weighted by molar-refractivity contribution is 0.0697. The molecule has 0 aliphatic heterocycles. The Morgan fingerprint density at radius 3 is 2.60 bits per heavy atom. The van der Waals surface area contributed by atoms with E-state index in [4.69, 9.17) is 16.7 Å². The van der Waals surface area contributed by atoms with Crippen molar-refractivity contribution in [1.82, 2.24) is 4.72 Å². The Labute approximate surface area is 126 Å². The van der Waals surface area contributed by atoms with E-state index in [-0.39, 0.29) is 20.2 Å². The molecule has 110 valence electrons. The normalized spacial score (nSPS) is 16.9. The summed E-state index contributed by atoms with van der Waals surface area (Å²) in [7, 11) is -3.67. The maximum absolute atomic E-state index is 12.1. The molecule has 20 heavy (non-hydrogen) atoms. The van der Waals surface area contributed by atoms with Crippen molar-refractivity contribution in [3.05, 3.63) is 28.8 Å². The monoisotopic (exact) mass is 335 g/mol. The van der Waals surface area contributed by atoms with Gasteiger partial charge in [0.25, 0.3) is 0 Å². The van der Waals surface area contributed by atoms with Crippen molar-refractivity contribution in [1.29, 1.82) is 0 Å².